The van der Waals surface area contributed by atoms with Crippen molar-refractivity contribution in [3.05, 3.63) is 58.8 Å². The van der Waals surface area contributed by atoms with Crippen molar-refractivity contribution in [2.24, 2.45) is 0 Å². The van der Waals surface area contributed by atoms with Crippen LogP contribution in [0, 0.1) is 6.92 Å². The van der Waals surface area contributed by atoms with Gasteiger partial charge in [-0.2, -0.15) is 0 Å². The molecule has 0 atom stereocenters. The first kappa shape index (κ1) is 14.0. The maximum atomic E-state index is 11.2. The second-order valence-electron chi connectivity index (χ2n) is 4.57. The molecule has 0 aliphatic carbocycles. The molecule has 106 valence electrons. The van der Waals surface area contributed by atoms with Crippen LogP contribution >= 0.6 is 23.2 Å². The first-order chi connectivity index (χ1) is 10.1. The molecule has 0 saturated carbocycles. The van der Waals surface area contributed by atoms with E-state index in [0.717, 1.165) is 10.9 Å². The maximum absolute atomic E-state index is 11.2. The molecule has 0 unspecified atom stereocenters. The zero-order valence-electron chi connectivity index (χ0n) is 11.0. The van der Waals surface area contributed by atoms with Crippen molar-refractivity contribution in [3.8, 4) is 11.5 Å². The minimum absolute atomic E-state index is 0.247. The summed E-state index contributed by atoms with van der Waals surface area (Å²) in [4.78, 5) is 11.2. The van der Waals surface area contributed by atoms with Crippen molar-refractivity contribution in [3.63, 3.8) is 0 Å². The Morgan fingerprint density at radius 3 is 2.71 bits per heavy atom. The Labute approximate surface area is 131 Å². The van der Waals surface area contributed by atoms with E-state index >= 15 is 0 Å². The van der Waals surface area contributed by atoms with Gasteiger partial charge in [0.05, 0.1) is 16.8 Å². The molecule has 21 heavy (non-hydrogen) atoms. The first-order valence-electron chi connectivity index (χ1n) is 6.20. The fraction of sp³-hybridized carbons (Fsp3) is 0.0625. The van der Waals surface area contributed by atoms with Gasteiger partial charge in [-0.1, -0.05) is 23.7 Å². The third-order valence-corrected chi connectivity index (χ3v) is 3.66. The van der Waals surface area contributed by atoms with Crippen LogP contribution in [-0.4, -0.2) is 5.24 Å². The van der Waals surface area contributed by atoms with Gasteiger partial charge >= 0.3 is 0 Å². The number of rotatable bonds is 3. The number of halogens is 2. The second kappa shape index (κ2) is 5.43. The molecule has 0 spiro atoms. The Kier molecular flexibility index (Phi) is 3.62. The van der Waals surface area contributed by atoms with Gasteiger partial charge in [0.2, 0.25) is 0 Å². The summed E-state index contributed by atoms with van der Waals surface area (Å²) >= 11 is 11.4. The Balaban J connectivity index is 2.03. The monoisotopic (exact) mass is 320 g/mol. The van der Waals surface area contributed by atoms with Gasteiger partial charge in [-0.25, -0.2) is 0 Å². The highest BCUT2D eigenvalue weighted by molar-refractivity contribution is 6.68. The van der Waals surface area contributed by atoms with Crippen molar-refractivity contribution in [1.29, 1.82) is 0 Å². The van der Waals surface area contributed by atoms with E-state index in [9.17, 15) is 4.79 Å². The fourth-order valence-electron chi connectivity index (χ4n) is 2.07. The SMILES string of the molecule is Cc1ccc2ccoc2c1Oc1ccc(C(=O)Cl)c(Cl)c1. The molecule has 0 bridgehead atoms. The van der Waals surface area contributed by atoms with Gasteiger partial charge in [-0.15, -0.1) is 0 Å². The molecule has 0 saturated heterocycles. The smallest absolute Gasteiger partial charge is 0.253 e. The maximum Gasteiger partial charge on any atom is 0.253 e. The molecule has 3 nitrogen and oxygen atoms in total. The normalized spacial score (nSPS) is 10.8. The van der Waals surface area contributed by atoms with Gasteiger partial charge in [0.15, 0.2) is 11.3 Å². The molecule has 2 aromatic carbocycles. The number of aryl methyl sites for hydroxylation is 1. The van der Waals surface area contributed by atoms with E-state index in [1.165, 1.54) is 6.07 Å². The van der Waals surface area contributed by atoms with E-state index in [0.29, 0.717) is 17.1 Å². The topological polar surface area (TPSA) is 39.4 Å². The third kappa shape index (κ3) is 2.62. The molecule has 0 aliphatic rings. The summed E-state index contributed by atoms with van der Waals surface area (Å²) in [5, 5.41) is 0.599. The van der Waals surface area contributed by atoms with Gasteiger partial charge in [0, 0.05) is 11.5 Å². The lowest BCUT2D eigenvalue weighted by Crippen LogP contribution is -1.93. The average molecular weight is 321 g/mol. The van der Waals surface area contributed by atoms with Gasteiger partial charge in [-0.3, -0.25) is 4.79 Å². The number of carbonyl (C=O) groups is 1. The first-order valence-corrected chi connectivity index (χ1v) is 6.96. The number of carbonyl (C=O) groups excluding carboxylic acids is 1. The van der Waals surface area contributed by atoms with Crippen molar-refractivity contribution in [2.45, 2.75) is 6.92 Å². The molecule has 3 rings (SSSR count). The summed E-state index contributed by atoms with van der Waals surface area (Å²) in [6.45, 7) is 1.93. The molecule has 1 aromatic heterocycles. The molecule has 0 amide bonds. The zero-order chi connectivity index (χ0) is 15.0. The third-order valence-electron chi connectivity index (χ3n) is 3.15. The molecule has 1 heterocycles. The number of fused-ring (bicyclic) bond motifs is 1. The summed E-state index contributed by atoms with van der Waals surface area (Å²) in [6, 6.07) is 10.5. The van der Waals surface area contributed by atoms with Crippen LogP contribution in [0.1, 0.15) is 15.9 Å². The summed E-state index contributed by atoms with van der Waals surface area (Å²) in [7, 11) is 0. The van der Waals surface area contributed by atoms with Crippen LogP contribution in [0.3, 0.4) is 0 Å². The average Bonchev–Trinajstić information content (AvgIpc) is 2.90. The lowest BCUT2D eigenvalue weighted by Gasteiger charge is -2.10. The van der Waals surface area contributed by atoms with E-state index in [2.05, 4.69) is 0 Å². The Hall–Kier alpha value is -1.97. The van der Waals surface area contributed by atoms with E-state index in [1.54, 1.807) is 18.4 Å². The fourth-order valence-corrected chi connectivity index (χ4v) is 2.54. The minimum Gasteiger partial charge on any atom is -0.460 e. The van der Waals surface area contributed by atoms with Gasteiger partial charge < -0.3 is 9.15 Å². The van der Waals surface area contributed by atoms with E-state index in [-0.39, 0.29) is 10.6 Å². The van der Waals surface area contributed by atoms with Gasteiger partial charge in [0.1, 0.15) is 5.75 Å². The summed E-state index contributed by atoms with van der Waals surface area (Å²) in [5.74, 6) is 1.13. The predicted molar refractivity (Wildman–Crippen MR) is 82.7 cm³/mol. The summed E-state index contributed by atoms with van der Waals surface area (Å²) in [6.07, 6.45) is 1.61. The van der Waals surface area contributed by atoms with Crippen molar-refractivity contribution in [2.75, 3.05) is 0 Å². The Bertz CT molecular complexity index is 837. The largest absolute Gasteiger partial charge is 0.460 e. The lowest BCUT2D eigenvalue weighted by atomic mass is 10.1. The van der Waals surface area contributed by atoms with Crippen LogP contribution in [0.5, 0.6) is 11.5 Å². The molecular formula is C16H10Cl2O3. The lowest BCUT2D eigenvalue weighted by molar-refractivity contribution is 0.108. The van der Waals surface area contributed by atoms with Crippen molar-refractivity contribution in [1.82, 2.24) is 0 Å². The highest BCUT2D eigenvalue weighted by Crippen LogP contribution is 2.35. The molecule has 0 N–H and O–H groups in total. The van der Waals surface area contributed by atoms with E-state index in [4.69, 9.17) is 32.4 Å². The molecule has 3 aromatic rings. The van der Waals surface area contributed by atoms with Crippen LogP contribution in [0.2, 0.25) is 5.02 Å². The number of benzene rings is 2. The van der Waals surface area contributed by atoms with Gasteiger partial charge in [0.25, 0.3) is 5.24 Å². The number of furan rings is 1. The Morgan fingerprint density at radius 2 is 2.00 bits per heavy atom. The number of ether oxygens (including phenoxy) is 1. The van der Waals surface area contributed by atoms with Crippen LogP contribution in [0.4, 0.5) is 0 Å². The van der Waals surface area contributed by atoms with Crippen LogP contribution < -0.4 is 4.74 Å². The molecule has 0 fully saturated rings. The second-order valence-corrected chi connectivity index (χ2v) is 5.32. The van der Waals surface area contributed by atoms with Crippen LogP contribution in [0.15, 0.2) is 47.1 Å². The highest BCUT2D eigenvalue weighted by atomic mass is 35.5. The zero-order valence-corrected chi connectivity index (χ0v) is 12.5. The number of hydrogen-bond acceptors (Lipinski definition) is 3. The van der Waals surface area contributed by atoms with Crippen molar-refractivity contribution < 1.29 is 13.9 Å². The predicted octanol–water partition coefficient (Wildman–Crippen LogP) is 5.57. The summed E-state index contributed by atoms with van der Waals surface area (Å²) < 4.78 is 11.3. The molecule has 0 radical (unpaired) electrons. The Morgan fingerprint density at radius 1 is 1.19 bits per heavy atom. The van der Waals surface area contributed by atoms with Crippen LogP contribution in [0.25, 0.3) is 11.0 Å². The standard InChI is InChI=1S/C16H10Cl2O3/c1-9-2-3-10-6-7-20-15(10)14(9)21-11-4-5-12(16(18)19)13(17)8-11/h2-8H,1H3. The number of hydrogen-bond donors (Lipinski definition) is 0. The van der Waals surface area contributed by atoms with Crippen LogP contribution in [-0.2, 0) is 0 Å². The molecule has 0 aliphatic heterocycles. The molecular weight excluding hydrogens is 311 g/mol. The van der Waals surface area contributed by atoms with E-state index < -0.39 is 5.24 Å². The quantitative estimate of drug-likeness (QED) is 0.592. The minimum atomic E-state index is -0.601. The van der Waals surface area contributed by atoms with E-state index in [1.807, 2.05) is 25.1 Å². The summed E-state index contributed by atoms with van der Waals surface area (Å²) in [5.41, 5.74) is 1.85. The van der Waals surface area contributed by atoms with Gasteiger partial charge in [-0.05, 0) is 42.3 Å². The molecule has 5 heteroatoms. The highest BCUT2D eigenvalue weighted by Gasteiger charge is 2.13. The van der Waals surface area contributed by atoms with Crippen molar-refractivity contribution >= 4 is 39.4 Å².